The van der Waals surface area contributed by atoms with Crippen LogP contribution >= 0.6 is 15.9 Å². The molecule has 0 aliphatic carbocycles. The molecule has 1 aliphatic heterocycles. The first-order valence-corrected chi connectivity index (χ1v) is 5.87. The molecule has 2 rings (SSSR count). The summed E-state index contributed by atoms with van der Waals surface area (Å²) in [6, 6.07) is 0.355. The highest BCUT2D eigenvalue weighted by molar-refractivity contribution is 9.10. The maximum atomic E-state index is 5.35. The van der Waals surface area contributed by atoms with E-state index in [4.69, 9.17) is 4.74 Å². The van der Waals surface area contributed by atoms with Gasteiger partial charge in [-0.25, -0.2) is 9.97 Å². The van der Waals surface area contributed by atoms with E-state index in [2.05, 4.69) is 38.1 Å². The Morgan fingerprint density at radius 3 is 2.87 bits per heavy atom. The first-order chi connectivity index (χ1) is 7.25. The molecule has 15 heavy (non-hydrogen) atoms. The van der Waals surface area contributed by atoms with Crippen LogP contribution < -0.4 is 5.32 Å². The van der Waals surface area contributed by atoms with Gasteiger partial charge < -0.3 is 10.1 Å². The number of nitrogens with zero attached hydrogens (tertiary/aromatic N) is 2. The highest BCUT2D eigenvalue weighted by atomic mass is 79.9. The van der Waals surface area contributed by atoms with E-state index in [0.717, 1.165) is 24.1 Å². The van der Waals surface area contributed by atoms with Crippen LogP contribution in [0, 0.1) is 5.92 Å². The largest absolute Gasteiger partial charge is 0.381 e. The Balaban J connectivity index is 1.92. The van der Waals surface area contributed by atoms with Crippen molar-refractivity contribution >= 4 is 21.9 Å². The minimum Gasteiger partial charge on any atom is -0.381 e. The van der Waals surface area contributed by atoms with Crippen molar-refractivity contribution in [2.45, 2.75) is 19.4 Å². The normalized spacial score (nSPS) is 22.7. The standard InChI is InChI=1S/C10H14BrN3O/c1-7(8-2-3-15-6-8)14-10-12-4-9(11)5-13-10/h4-5,7-8H,2-3,6H2,1H3,(H,12,13,14). The summed E-state index contributed by atoms with van der Waals surface area (Å²) in [6.45, 7) is 3.85. The Bertz CT molecular complexity index is 311. The highest BCUT2D eigenvalue weighted by Crippen LogP contribution is 2.18. The van der Waals surface area contributed by atoms with Crippen LogP contribution in [0.2, 0.25) is 0 Å². The Hall–Kier alpha value is -0.680. The molecule has 2 heterocycles. The predicted molar refractivity (Wildman–Crippen MR) is 61.7 cm³/mol. The second-order valence-corrected chi connectivity index (χ2v) is 4.70. The third-order valence-corrected chi connectivity index (χ3v) is 3.06. The molecule has 1 saturated heterocycles. The highest BCUT2D eigenvalue weighted by Gasteiger charge is 2.22. The van der Waals surface area contributed by atoms with Gasteiger partial charge in [0.1, 0.15) is 0 Å². The van der Waals surface area contributed by atoms with Crippen LogP contribution in [0.15, 0.2) is 16.9 Å². The summed E-state index contributed by atoms with van der Waals surface area (Å²) in [5.41, 5.74) is 0. The van der Waals surface area contributed by atoms with E-state index in [-0.39, 0.29) is 0 Å². The fraction of sp³-hybridized carbons (Fsp3) is 0.600. The number of nitrogens with one attached hydrogen (secondary N) is 1. The van der Waals surface area contributed by atoms with Crippen LogP contribution in [-0.4, -0.2) is 29.2 Å². The van der Waals surface area contributed by atoms with E-state index in [0.29, 0.717) is 17.9 Å². The van der Waals surface area contributed by atoms with Gasteiger partial charge in [-0.15, -0.1) is 0 Å². The van der Waals surface area contributed by atoms with Crippen molar-refractivity contribution in [3.8, 4) is 0 Å². The van der Waals surface area contributed by atoms with Crippen molar-refractivity contribution in [2.75, 3.05) is 18.5 Å². The van der Waals surface area contributed by atoms with E-state index in [1.807, 2.05) is 0 Å². The lowest BCUT2D eigenvalue weighted by molar-refractivity contribution is 0.183. The summed E-state index contributed by atoms with van der Waals surface area (Å²) in [4.78, 5) is 8.36. The first kappa shape index (κ1) is 10.8. The number of rotatable bonds is 3. The molecule has 4 nitrogen and oxygen atoms in total. The maximum Gasteiger partial charge on any atom is 0.222 e. The van der Waals surface area contributed by atoms with Gasteiger partial charge in [-0.2, -0.15) is 0 Å². The van der Waals surface area contributed by atoms with Crippen LogP contribution in [0.4, 0.5) is 5.95 Å². The molecule has 0 spiro atoms. The minimum atomic E-state index is 0.355. The summed E-state index contributed by atoms with van der Waals surface area (Å²) in [7, 11) is 0. The zero-order valence-electron chi connectivity index (χ0n) is 8.61. The first-order valence-electron chi connectivity index (χ1n) is 5.07. The van der Waals surface area contributed by atoms with Gasteiger partial charge in [-0.3, -0.25) is 0 Å². The Labute approximate surface area is 97.6 Å². The van der Waals surface area contributed by atoms with Crippen LogP contribution in [0.5, 0.6) is 0 Å². The van der Waals surface area contributed by atoms with Crippen LogP contribution in [0.25, 0.3) is 0 Å². The Morgan fingerprint density at radius 1 is 1.53 bits per heavy atom. The predicted octanol–water partition coefficient (Wildman–Crippen LogP) is 2.08. The average Bonchev–Trinajstić information content (AvgIpc) is 2.74. The van der Waals surface area contributed by atoms with E-state index >= 15 is 0 Å². The summed E-state index contributed by atoms with van der Waals surface area (Å²) in [5.74, 6) is 1.25. The molecule has 1 N–H and O–H groups in total. The van der Waals surface area contributed by atoms with Crippen molar-refractivity contribution in [3.63, 3.8) is 0 Å². The van der Waals surface area contributed by atoms with Gasteiger partial charge >= 0.3 is 0 Å². The fourth-order valence-electron chi connectivity index (χ4n) is 1.66. The van der Waals surface area contributed by atoms with Crippen molar-refractivity contribution in [1.29, 1.82) is 0 Å². The number of halogens is 1. The average molecular weight is 272 g/mol. The second kappa shape index (κ2) is 4.90. The minimum absolute atomic E-state index is 0.355. The molecule has 0 aromatic carbocycles. The van der Waals surface area contributed by atoms with Gasteiger partial charge in [0.15, 0.2) is 0 Å². The summed E-state index contributed by atoms with van der Waals surface area (Å²) in [5, 5.41) is 3.29. The molecule has 5 heteroatoms. The zero-order valence-corrected chi connectivity index (χ0v) is 10.2. The van der Waals surface area contributed by atoms with Crippen LogP contribution in [0.3, 0.4) is 0 Å². The van der Waals surface area contributed by atoms with Gasteiger partial charge in [-0.05, 0) is 29.3 Å². The molecule has 1 aliphatic rings. The molecule has 0 radical (unpaired) electrons. The molecular formula is C10H14BrN3O. The van der Waals surface area contributed by atoms with Gasteiger partial charge in [-0.1, -0.05) is 0 Å². The number of ether oxygens (including phenoxy) is 1. The molecule has 0 saturated carbocycles. The summed E-state index contributed by atoms with van der Waals surface area (Å²) >= 11 is 3.31. The van der Waals surface area contributed by atoms with Crippen molar-refractivity contribution in [3.05, 3.63) is 16.9 Å². The monoisotopic (exact) mass is 271 g/mol. The molecule has 2 unspecified atom stereocenters. The second-order valence-electron chi connectivity index (χ2n) is 3.78. The SMILES string of the molecule is CC(Nc1ncc(Br)cn1)C1CCOC1. The van der Waals surface area contributed by atoms with Gasteiger partial charge in [0.05, 0.1) is 11.1 Å². The molecular weight excluding hydrogens is 258 g/mol. The van der Waals surface area contributed by atoms with E-state index in [1.54, 1.807) is 12.4 Å². The van der Waals surface area contributed by atoms with Gasteiger partial charge in [0.2, 0.25) is 5.95 Å². The van der Waals surface area contributed by atoms with Crippen LogP contribution in [-0.2, 0) is 4.74 Å². The number of hydrogen-bond donors (Lipinski definition) is 1. The summed E-state index contributed by atoms with van der Waals surface area (Å²) < 4.78 is 6.24. The lowest BCUT2D eigenvalue weighted by Gasteiger charge is -2.18. The topological polar surface area (TPSA) is 47.0 Å². The van der Waals surface area contributed by atoms with E-state index in [1.165, 1.54) is 0 Å². The van der Waals surface area contributed by atoms with Gasteiger partial charge in [0, 0.05) is 31.0 Å². The third-order valence-electron chi connectivity index (χ3n) is 2.65. The zero-order chi connectivity index (χ0) is 10.7. The molecule has 2 atom stereocenters. The number of hydrogen-bond acceptors (Lipinski definition) is 4. The summed E-state index contributed by atoms with van der Waals surface area (Å²) in [6.07, 6.45) is 4.60. The molecule has 1 fully saturated rings. The quantitative estimate of drug-likeness (QED) is 0.915. The molecule has 1 aromatic heterocycles. The van der Waals surface area contributed by atoms with Crippen molar-refractivity contribution < 1.29 is 4.74 Å². The Kier molecular flexibility index (Phi) is 3.53. The smallest absolute Gasteiger partial charge is 0.222 e. The van der Waals surface area contributed by atoms with E-state index < -0.39 is 0 Å². The van der Waals surface area contributed by atoms with Crippen LogP contribution in [0.1, 0.15) is 13.3 Å². The third kappa shape index (κ3) is 2.89. The Morgan fingerprint density at radius 2 is 2.27 bits per heavy atom. The lowest BCUT2D eigenvalue weighted by Crippen LogP contribution is -2.27. The molecule has 0 bridgehead atoms. The fourth-order valence-corrected chi connectivity index (χ4v) is 1.86. The van der Waals surface area contributed by atoms with Crippen molar-refractivity contribution in [2.24, 2.45) is 5.92 Å². The molecule has 82 valence electrons. The molecule has 1 aromatic rings. The number of aromatic nitrogens is 2. The maximum absolute atomic E-state index is 5.35. The lowest BCUT2D eigenvalue weighted by atomic mass is 10.0. The van der Waals surface area contributed by atoms with Gasteiger partial charge in [0.25, 0.3) is 0 Å². The van der Waals surface area contributed by atoms with Crippen molar-refractivity contribution in [1.82, 2.24) is 9.97 Å². The van der Waals surface area contributed by atoms with E-state index in [9.17, 15) is 0 Å². The number of anilines is 1. The molecule has 0 amide bonds.